The van der Waals surface area contributed by atoms with E-state index in [-0.39, 0.29) is 24.8 Å². The molecule has 2 N–H and O–H groups in total. The molecular formula is C15H20N2O3S. The summed E-state index contributed by atoms with van der Waals surface area (Å²) in [7, 11) is 3.25. The van der Waals surface area contributed by atoms with Crippen LogP contribution in [0.2, 0.25) is 0 Å². The standard InChI is InChI=1S/C15H20N2O3S/c1-11-10-13(21-12(11)6-4-5-9-18)15(20)17(3)8-7-14(19)16-2/h10,18H,5,7-9H2,1-3H3,(H,16,19). The van der Waals surface area contributed by atoms with Crippen LogP contribution in [0.3, 0.4) is 0 Å². The fourth-order valence-electron chi connectivity index (χ4n) is 1.59. The fraction of sp³-hybridized carbons (Fsp3) is 0.467. The van der Waals surface area contributed by atoms with Crippen LogP contribution in [-0.2, 0) is 4.79 Å². The van der Waals surface area contributed by atoms with Gasteiger partial charge in [0.15, 0.2) is 0 Å². The van der Waals surface area contributed by atoms with Crippen LogP contribution in [-0.4, -0.2) is 49.1 Å². The van der Waals surface area contributed by atoms with Crippen LogP contribution >= 0.6 is 11.3 Å². The molecule has 0 aliphatic heterocycles. The molecule has 1 rings (SSSR count). The van der Waals surface area contributed by atoms with Gasteiger partial charge in [0.2, 0.25) is 5.91 Å². The molecule has 6 heteroatoms. The highest BCUT2D eigenvalue weighted by Gasteiger charge is 2.16. The van der Waals surface area contributed by atoms with Crippen LogP contribution < -0.4 is 5.32 Å². The van der Waals surface area contributed by atoms with Crippen LogP contribution in [0.4, 0.5) is 0 Å². The summed E-state index contributed by atoms with van der Waals surface area (Å²) < 4.78 is 0. The molecule has 114 valence electrons. The first kappa shape index (κ1) is 17.2. The number of aryl methyl sites for hydroxylation is 1. The topological polar surface area (TPSA) is 69.6 Å². The van der Waals surface area contributed by atoms with Gasteiger partial charge in [-0.3, -0.25) is 9.59 Å². The van der Waals surface area contributed by atoms with E-state index < -0.39 is 0 Å². The smallest absolute Gasteiger partial charge is 0.263 e. The van der Waals surface area contributed by atoms with E-state index in [0.29, 0.717) is 17.8 Å². The van der Waals surface area contributed by atoms with Gasteiger partial charge < -0.3 is 15.3 Å². The summed E-state index contributed by atoms with van der Waals surface area (Å²) in [6.07, 6.45) is 0.707. The molecule has 0 atom stereocenters. The Balaban J connectivity index is 2.73. The second-order valence-electron chi connectivity index (χ2n) is 4.55. The van der Waals surface area contributed by atoms with Crippen molar-refractivity contribution in [3.63, 3.8) is 0 Å². The third kappa shape index (κ3) is 5.21. The van der Waals surface area contributed by atoms with Crippen molar-refractivity contribution in [2.45, 2.75) is 19.8 Å². The Bertz CT molecular complexity index is 569. The molecule has 0 aliphatic carbocycles. The molecule has 0 bridgehead atoms. The first-order valence-electron chi connectivity index (χ1n) is 6.65. The van der Waals surface area contributed by atoms with E-state index in [0.717, 1.165) is 10.4 Å². The molecule has 0 spiro atoms. The van der Waals surface area contributed by atoms with Crippen molar-refractivity contribution >= 4 is 23.2 Å². The molecule has 1 aromatic heterocycles. The minimum atomic E-state index is -0.109. The van der Waals surface area contributed by atoms with E-state index >= 15 is 0 Å². The molecule has 0 fully saturated rings. The van der Waals surface area contributed by atoms with Crippen LogP contribution in [0.1, 0.15) is 33.0 Å². The fourth-order valence-corrected chi connectivity index (χ4v) is 2.64. The molecule has 0 unspecified atom stereocenters. The van der Waals surface area contributed by atoms with Gasteiger partial charge in [-0.2, -0.15) is 0 Å². The number of hydrogen-bond acceptors (Lipinski definition) is 4. The Labute approximate surface area is 129 Å². The number of nitrogens with one attached hydrogen (secondary N) is 1. The number of thiophene rings is 1. The molecule has 0 saturated heterocycles. The van der Waals surface area contributed by atoms with Crippen molar-refractivity contribution in [2.75, 3.05) is 27.2 Å². The maximum Gasteiger partial charge on any atom is 0.263 e. The monoisotopic (exact) mass is 308 g/mol. The van der Waals surface area contributed by atoms with Crippen molar-refractivity contribution < 1.29 is 14.7 Å². The van der Waals surface area contributed by atoms with Gasteiger partial charge >= 0.3 is 0 Å². The van der Waals surface area contributed by atoms with E-state index in [1.807, 2.05) is 13.0 Å². The lowest BCUT2D eigenvalue weighted by atomic mass is 10.2. The average molecular weight is 308 g/mol. The van der Waals surface area contributed by atoms with E-state index in [4.69, 9.17) is 5.11 Å². The van der Waals surface area contributed by atoms with Gasteiger partial charge in [-0.25, -0.2) is 0 Å². The molecule has 2 amide bonds. The lowest BCUT2D eigenvalue weighted by Gasteiger charge is -2.15. The summed E-state index contributed by atoms with van der Waals surface area (Å²) in [5.41, 5.74) is 0.952. The zero-order chi connectivity index (χ0) is 15.8. The van der Waals surface area contributed by atoms with Gasteiger partial charge in [0.05, 0.1) is 16.4 Å². The summed E-state index contributed by atoms with van der Waals surface area (Å²) in [4.78, 5) is 26.4. The summed E-state index contributed by atoms with van der Waals surface area (Å²) in [6.45, 7) is 2.31. The van der Waals surface area contributed by atoms with Gasteiger partial charge in [0.1, 0.15) is 0 Å². The van der Waals surface area contributed by atoms with Gasteiger partial charge in [-0.1, -0.05) is 11.8 Å². The van der Waals surface area contributed by atoms with Crippen LogP contribution in [0.15, 0.2) is 6.07 Å². The van der Waals surface area contributed by atoms with Gasteiger partial charge in [-0.05, 0) is 18.6 Å². The molecular weight excluding hydrogens is 288 g/mol. The van der Waals surface area contributed by atoms with Crippen molar-refractivity contribution in [3.05, 3.63) is 21.4 Å². The summed E-state index contributed by atoms with van der Waals surface area (Å²) in [6, 6.07) is 1.81. The van der Waals surface area contributed by atoms with Crippen LogP contribution in [0.5, 0.6) is 0 Å². The van der Waals surface area contributed by atoms with Crippen LogP contribution in [0.25, 0.3) is 0 Å². The second-order valence-corrected chi connectivity index (χ2v) is 5.60. The first-order chi connectivity index (χ1) is 9.99. The lowest BCUT2D eigenvalue weighted by Crippen LogP contribution is -2.30. The summed E-state index contributed by atoms with van der Waals surface area (Å²) in [5.74, 6) is 5.62. The van der Waals surface area contributed by atoms with Crippen LogP contribution in [0, 0.1) is 18.8 Å². The second kappa shape index (κ2) is 8.45. The highest BCUT2D eigenvalue weighted by molar-refractivity contribution is 7.14. The Morgan fingerprint density at radius 3 is 2.81 bits per heavy atom. The predicted octanol–water partition coefficient (Wildman–Crippen LogP) is 0.999. The zero-order valence-corrected chi connectivity index (χ0v) is 13.3. The van der Waals surface area contributed by atoms with Gasteiger partial charge in [0, 0.05) is 33.5 Å². The normalized spacial score (nSPS) is 9.71. The quantitative estimate of drug-likeness (QED) is 0.797. The first-order valence-corrected chi connectivity index (χ1v) is 7.47. The molecule has 1 heterocycles. The molecule has 21 heavy (non-hydrogen) atoms. The SMILES string of the molecule is CNC(=O)CCN(C)C(=O)c1cc(C)c(C#CCCO)s1. The molecule has 5 nitrogen and oxygen atoms in total. The highest BCUT2D eigenvalue weighted by Crippen LogP contribution is 2.22. The minimum Gasteiger partial charge on any atom is -0.395 e. The number of aliphatic hydroxyl groups excluding tert-OH is 1. The number of aliphatic hydroxyl groups is 1. The summed E-state index contributed by atoms with van der Waals surface area (Å²) in [5, 5.41) is 11.2. The Morgan fingerprint density at radius 1 is 1.48 bits per heavy atom. The van der Waals surface area contributed by atoms with E-state index in [1.54, 1.807) is 14.1 Å². The lowest BCUT2D eigenvalue weighted by molar-refractivity contribution is -0.120. The van der Waals surface area contributed by atoms with Crippen molar-refractivity contribution in [3.8, 4) is 11.8 Å². The molecule has 1 aromatic rings. The minimum absolute atomic E-state index is 0.0332. The van der Waals surface area contributed by atoms with E-state index in [1.165, 1.54) is 16.2 Å². The Morgan fingerprint density at radius 2 is 2.19 bits per heavy atom. The maximum absolute atomic E-state index is 12.3. The van der Waals surface area contributed by atoms with E-state index in [9.17, 15) is 9.59 Å². The van der Waals surface area contributed by atoms with Gasteiger partial charge in [0.25, 0.3) is 5.91 Å². The zero-order valence-electron chi connectivity index (χ0n) is 12.5. The van der Waals surface area contributed by atoms with Crippen molar-refractivity contribution in [1.29, 1.82) is 0 Å². The number of rotatable bonds is 5. The summed E-state index contributed by atoms with van der Waals surface area (Å²) >= 11 is 1.34. The average Bonchev–Trinajstić information content (AvgIpc) is 2.85. The molecule has 0 aliphatic rings. The number of carbonyl (C=O) groups is 2. The van der Waals surface area contributed by atoms with E-state index in [2.05, 4.69) is 17.2 Å². The number of amides is 2. The number of nitrogens with zero attached hydrogens (tertiary/aromatic N) is 1. The third-order valence-electron chi connectivity index (χ3n) is 2.87. The Kier molecular flexibility index (Phi) is 6.92. The highest BCUT2D eigenvalue weighted by atomic mass is 32.1. The largest absolute Gasteiger partial charge is 0.395 e. The number of hydrogen-bond donors (Lipinski definition) is 2. The van der Waals surface area contributed by atoms with Crippen molar-refractivity contribution in [1.82, 2.24) is 10.2 Å². The van der Waals surface area contributed by atoms with Gasteiger partial charge in [-0.15, -0.1) is 11.3 Å². The predicted molar refractivity (Wildman–Crippen MR) is 83.3 cm³/mol. The molecule has 0 saturated carbocycles. The maximum atomic E-state index is 12.3. The third-order valence-corrected chi connectivity index (χ3v) is 4.01. The molecule has 0 aromatic carbocycles. The Hall–Kier alpha value is -1.84. The van der Waals surface area contributed by atoms with Crippen molar-refractivity contribution in [2.24, 2.45) is 0 Å². The molecule has 0 radical (unpaired) electrons. The number of carbonyl (C=O) groups excluding carboxylic acids is 2.